The van der Waals surface area contributed by atoms with Crippen molar-refractivity contribution in [1.29, 1.82) is 0 Å². The maximum absolute atomic E-state index is 13.0. The van der Waals surface area contributed by atoms with Gasteiger partial charge in [0.2, 0.25) is 5.91 Å². The minimum absolute atomic E-state index is 0.221. The Bertz CT molecular complexity index is 534. The number of nitrogens with zero attached hydrogens (tertiary/aromatic N) is 1. The van der Waals surface area contributed by atoms with E-state index in [1.54, 1.807) is 0 Å². The molecule has 3 nitrogen and oxygen atoms in total. The van der Waals surface area contributed by atoms with Gasteiger partial charge in [0.15, 0.2) is 0 Å². The summed E-state index contributed by atoms with van der Waals surface area (Å²) in [5.74, 6) is 1.13. The second kappa shape index (κ2) is 6.71. The molecule has 1 aliphatic carbocycles. The van der Waals surface area contributed by atoms with Crippen LogP contribution in [-0.2, 0) is 10.2 Å². The van der Waals surface area contributed by atoms with Crippen LogP contribution in [0.1, 0.15) is 37.7 Å². The Morgan fingerprint density at radius 2 is 2.09 bits per heavy atom. The highest BCUT2D eigenvalue weighted by atomic mass is 79.9. The number of halogens is 1. The number of likely N-dealkylation sites (tertiary alicyclic amines) is 1. The number of piperidine rings is 1. The summed E-state index contributed by atoms with van der Waals surface area (Å²) in [4.78, 5) is 15.1. The third kappa shape index (κ3) is 3.23. The van der Waals surface area contributed by atoms with Crippen molar-refractivity contribution in [3.05, 3.63) is 34.3 Å². The SMILES string of the molecule is CNCCC1CCN(C(=O)C2(c3cccc(Br)c3)CC2)CC1. The fourth-order valence-electron chi connectivity index (χ4n) is 3.61. The lowest BCUT2D eigenvalue weighted by molar-refractivity contribution is -0.135. The Hall–Kier alpha value is -0.870. The van der Waals surface area contributed by atoms with Crippen molar-refractivity contribution in [3.63, 3.8) is 0 Å². The molecule has 120 valence electrons. The molecule has 1 N–H and O–H groups in total. The van der Waals surface area contributed by atoms with Gasteiger partial charge in [-0.25, -0.2) is 0 Å². The van der Waals surface area contributed by atoms with Crippen LogP contribution in [0.5, 0.6) is 0 Å². The molecule has 2 aliphatic rings. The molecule has 0 radical (unpaired) electrons. The van der Waals surface area contributed by atoms with E-state index in [9.17, 15) is 4.79 Å². The number of hydrogen-bond acceptors (Lipinski definition) is 2. The molecule has 1 saturated carbocycles. The summed E-state index contributed by atoms with van der Waals surface area (Å²) in [7, 11) is 2.01. The van der Waals surface area contributed by atoms with E-state index in [2.05, 4.69) is 38.3 Å². The molecule has 0 atom stereocenters. The molecule has 1 aromatic carbocycles. The van der Waals surface area contributed by atoms with E-state index in [1.807, 2.05) is 19.2 Å². The first kappa shape index (κ1) is 16.0. The van der Waals surface area contributed by atoms with E-state index < -0.39 is 0 Å². The molecular weight excluding hydrogens is 340 g/mol. The average Bonchev–Trinajstić information content (AvgIpc) is 3.34. The Morgan fingerprint density at radius 1 is 1.36 bits per heavy atom. The first-order chi connectivity index (χ1) is 10.7. The first-order valence-electron chi connectivity index (χ1n) is 8.36. The molecule has 1 aromatic rings. The predicted octanol–water partition coefficient (Wildman–Crippen LogP) is 3.33. The summed E-state index contributed by atoms with van der Waals surface area (Å²) in [6, 6.07) is 8.29. The van der Waals surface area contributed by atoms with Crippen LogP contribution in [0.25, 0.3) is 0 Å². The Balaban J connectivity index is 1.63. The number of hydrogen-bond donors (Lipinski definition) is 1. The first-order valence-corrected chi connectivity index (χ1v) is 9.15. The molecular formula is C18H25BrN2O. The van der Waals surface area contributed by atoms with Gasteiger partial charge in [-0.1, -0.05) is 28.1 Å². The monoisotopic (exact) mass is 364 g/mol. The van der Waals surface area contributed by atoms with Crippen LogP contribution in [0.2, 0.25) is 0 Å². The number of benzene rings is 1. The lowest BCUT2D eigenvalue weighted by Crippen LogP contribution is -2.44. The maximum atomic E-state index is 13.0. The summed E-state index contributed by atoms with van der Waals surface area (Å²) in [5, 5.41) is 3.23. The topological polar surface area (TPSA) is 32.3 Å². The molecule has 1 heterocycles. The maximum Gasteiger partial charge on any atom is 0.233 e. The van der Waals surface area contributed by atoms with E-state index in [1.165, 1.54) is 12.0 Å². The van der Waals surface area contributed by atoms with Crippen LogP contribution in [0.15, 0.2) is 28.7 Å². The largest absolute Gasteiger partial charge is 0.342 e. The molecule has 1 aliphatic heterocycles. The van der Waals surface area contributed by atoms with Gasteiger partial charge >= 0.3 is 0 Å². The molecule has 22 heavy (non-hydrogen) atoms. The second-order valence-electron chi connectivity index (χ2n) is 6.72. The number of nitrogens with one attached hydrogen (secondary N) is 1. The fourth-order valence-corrected chi connectivity index (χ4v) is 4.01. The van der Waals surface area contributed by atoms with Crippen molar-refractivity contribution in [2.24, 2.45) is 5.92 Å². The van der Waals surface area contributed by atoms with Crippen molar-refractivity contribution in [2.45, 2.75) is 37.5 Å². The number of amides is 1. The van der Waals surface area contributed by atoms with Crippen molar-refractivity contribution in [3.8, 4) is 0 Å². The summed E-state index contributed by atoms with van der Waals surface area (Å²) >= 11 is 3.53. The van der Waals surface area contributed by atoms with Crippen molar-refractivity contribution in [1.82, 2.24) is 10.2 Å². The van der Waals surface area contributed by atoms with Gasteiger partial charge in [0, 0.05) is 17.6 Å². The van der Waals surface area contributed by atoms with Gasteiger partial charge in [0.25, 0.3) is 0 Å². The third-order valence-electron chi connectivity index (χ3n) is 5.24. The highest BCUT2D eigenvalue weighted by Gasteiger charge is 2.53. The Labute approximate surface area is 141 Å². The molecule has 3 rings (SSSR count). The summed E-state index contributed by atoms with van der Waals surface area (Å²) in [5.41, 5.74) is 0.964. The van der Waals surface area contributed by atoms with Crippen LogP contribution >= 0.6 is 15.9 Å². The minimum atomic E-state index is -0.221. The zero-order chi connectivity index (χ0) is 15.6. The van der Waals surface area contributed by atoms with Crippen LogP contribution in [0, 0.1) is 5.92 Å². The van der Waals surface area contributed by atoms with E-state index in [0.29, 0.717) is 5.91 Å². The van der Waals surface area contributed by atoms with E-state index in [0.717, 1.165) is 55.7 Å². The molecule has 0 bridgehead atoms. The molecule has 2 fully saturated rings. The quantitative estimate of drug-likeness (QED) is 0.868. The highest BCUT2D eigenvalue weighted by Crippen LogP contribution is 2.50. The van der Waals surface area contributed by atoms with Gasteiger partial charge in [-0.05, 0) is 69.3 Å². The molecule has 0 aromatic heterocycles. The van der Waals surface area contributed by atoms with E-state index >= 15 is 0 Å². The molecule has 1 saturated heterocycles. The zero-order valence-corrected chi connectivity index (χ0v) is 14.9. The smallest absolute Gasteiger partial charge is 0.233 e. The molecule has 0 spiro atoms. The zero-order valence-electron chi connectivity index (χ0n) is 13.3. The average molecular weight is 365 g/mol. The fraction of sp³-hybridized carbons (Fsp3) is 0.611. The summed E-state index contributed by atoms with van der Waals surface area (Å²) in [6.45, 7) is 2.95. The third-order valence-corrected chi connectivity index (χ3v) is 5.73. The second-order valence-corrected chi connectivity index (χ2v) is 7.64. The van der Waals surface area contributed by atoms with Gasteiger partial charge < -0.3 is 10.2 Å². The summed E-state index contributed by atoms with van der Waals surface area (Å²) in [6.07, 6.45) is 5.54. The molecule has 0 unspecified atom stereocenters. The van der Waals surface area contributed by atoms with Gasteiger partial charge in [-0.2, -0.15) is 0 Å². The van der Waals surface area contributed by atoms with E-state index in [-0.39, 0.29) is 5.41 Å². The van der Waals surface area contributed by atoms with Crippen LogP contribution in [0.4, 0.5) is 0 Å². The van der Waals surface area contributed by atoms with Crippen LogP contribution < -0.4 is 5.32 Å². The van der Waals surface area contributed by atoms with Crippen LogP contribution in [0.3, 0.4) is 0 Å². The van der Waals surface area contributed by atoms with Crippen molar-refractivity contribution in [2.75, 3.05) is 26.7 Å². The normalized spacial score (nSPS) is 20.9. The predicted molar refractivity (Wildman–Crippen MR) is 92.9 cm³/mol. The van der Waals surface area contributed by atoms with Crippen molar-refractivity contribution < 1.29 is 4.79 Å². The lowest BCUT2D eigenvalue weighted by atomic mass is 9.90. The Morgan fingerprint density at radius 3 is 2.68 bits per heavy atom. The number of carbonyl (C=O) groups is 1. The molecule has 4 heteroatoms. The Kier molecular flexibility index (Phi) is 4.88. The van der Waals surface area contributed by atoms with Gasteiger partial charge in [0.1, 0.15) is 0 Å². The number of carbonyl (C=O) groups excluding carboxylic acids is 1. The van der Waals surface area contributed by atoms with Gasteiger partial charge in [-0.3, -0.25) is 4.79 Å². The minimum Gasteiger partial charge on any atom is -0.342 e. The highest BCUT2D eigenvalue weighted by molar-refractivity contribution is 9.10. The van der Waals surface area contributed by atoms with Crippen LogP contribution in [-0.4, -0.2) is 37.5 Å². The number of rotatable bonds is 5. The molecule has 1 amide bonds. The standard InChI is InChI=1S/C18H25BrN2O/c1-20-10-5-14-6-11-21(12-7-14)17(22)18(8-9-18)15-3-2-4-16(19)13-15/h2-4,13-14,20H,5-12H2,1H3. The van der Waals surface area contributed by atoms with Gasteiger partial charge in [0.05, 0.1) is 5.41 Å². The summed E-state index contributed by atoms with van der Waals surface area (Å²) < 4.78 is 1.06. The van der Waals surface area contributed by atoms with Crippen molar-refractivity contribution >= 4 is 21.8 Å². The lowest BCUT2D eigenvalue weighted by Gasteiger charge is -2.34. The van der Waals surface area contributed by atoms with E-state index in [4.69, 9.17) is 0 Å². The van der Waals surface area contributed by atoms with Gasteiger partial charge in [-0.15, -0.1) is 0 Å².